The molecule has 5 nitrogen and oxygen atoms in total. The molecular weight excluding hydrogens is 351 g/mol. The lowest BCUT2D eigenvalue weighted by Gasteiger charge is -2.35. The number of halogens is 1. The highest BCUT2D eigenvalue weighted by Gasteiger charge is 2.19. The van der Waals surface area contributed by atoms with Crippen LogP contribution in [-0.4, -0.2) is 48.0 Å². The summed E-state index contributed by atoms with van der Waals surface area (Å²) in [5, 5.41) is 5.75. The third kappa shape index (κ3) is 4.80. The van der Waals surface area contributed by atoms with E-state index < -0.39 is 0 Å². The zero-order chi connectivity index (χ0) is 18.5. The standard InChI is InChI=1S/C19H25FN4OS/c1-3-14(2)21-19(25)17-13-26-18(22-17)12-23-8-10-24(11-9-23)16-6-4-15(20)5-7-16/h4-7,13-14H,3,8-12H2,1-2H3,(H,21,25)/t14-/m1/s1. The van der Waals surface area contributed by atoms with E-state index >= 15 is 0 Å². The number of aromatic nitrogens is 1. The average Bonchev–Trinajstić information content (AvgIpc) is 3.11. The van der Waals surface area contributed by atoms with Gasteiger partial charge in [-0.2, -0.15) is 0 Å². The van der Waals surface area contributed by atoms with Crippen LogP contribution in [0.1, 0.15) is 35.8 Å². The van der Waals surface area contributed by atoms with Crippen molar-refractivity contribution in [2.75, 3.05) is 31.1 Å². The second-order valence-corrected chi connectivity index (χ2v) is 7.59. The molecule has 1 amide bonds. The summed E-state index contributed by atoms with van der Waals surface area (Å²) in [4.78, 5) is 21.2. The highest BCUT2D eigenvalue weighted by atomic mass is 32.1. The molecule has 26 heavy (non-hydrogen) atoms. The van der Waals surface area contributed by atoms with Crippen LogP contribution in [0.2, 0.25) is 0 Å². The predicted molar refractivity (Wildman–Crippen MR) is 103 cm³/mol. The number of benzene rings is 1. The maximum Gasteiger partial charge on any atom is 0.270 e. The van der Waals surface area contributed by atoms with Crippen LogP contribution in [0, 0.1) is 5.82 Å². The molecule has 0 aliphatic carbocycles. The van der Waals surface area contributed by atoms with E-state index in [1.54, 1.807) is 0 Å². The highest BCUT2D eigenvalue weighted by Crippen LogP contribution is 2.19. The number of anilines is 1. The van der Waals surface area contributed by atoms with Crippen LogP contribution in [0.4, 0.5) is 10.1 Å². The van der Waals surface area contributed by atoms with Crippen LogP contribution in [0.5, 0.6) is 0 Å². The van der Waals surface area contributed by atoms with Gasteiger partial charge >= 0.3 is 0 Å². The third-order valence-electron chi connectivity index (χ3n) is 4.70. The van der Waals surface area contributed by atoms with Crippen LogP contribution < -0.4 is 10.2 Å². The molecule has 1 aromatic heterocycles. The van der Waals surface area contributed by atoms with Gasteiger partial charge in [0, 0.05) is 43.3 Å². The molecule has 0 spiro atoms. The summed E-state index contributed by atoms with van der Waals surface area (Å²) in [5.41, 5.74) is 1.57. The van der Waals surface area contributed by atoms with Crippen LogP contribution in [0.15, 0.2) is 29.6 Å². The van der Waals surface area contributed by atoms with Gasteiger partial charge in [0.2, 0.25) is 0 Å². The van der Waals surface area contributed by atoms with Crippen molar-refractivity contribution in [3.05, 3.63) is 46.2 Å². The summed E-state index contributed by atoms with van der Waals surface area (Å²) >= 11 is 1.54. The third-order valence-corrected chi connectivity index (χ3v) is 5.53. The normalized spacial score (nSPS) is 16.5. The Morgan fingerprint density at radius 2 is 1.96 bits per heavy atom. The summed E-state index contributed by atoms with van der Waals surface area (Å²) in [6.07, 6.45) is 0.904. The fourth-order valence-electron chi connectivity index (χ4n) is 2.89. The molecular formula is C19H25FN4OS. The first kappa shape index (κ1) is 18.8. The predicted octanol–water partition coefficient (Wildman–Crippen LogP) is 3.13. The molecule has 1 aromatic carbocycles. The second-order valence-electron chi connectivity index (χ2n) is 6.65. The summed E-state index contributed by atoms with van der Waals surface area (Å²) in [7, 11) is 0. The Bertz CT molecular complexity index is 725. The number of carbonyl (C=O) groups is 1. The number of rotatable bonds is 6. The first-order valence-corrected chi connectivity index (χ1v) is 9.91. The minimum atomic E-state index is -0.204. The molecule has 7 heteroatoms. The molecule has 2 aromatic rings. The lowest BCUT2D eigenvalue weighted by atomic mass is 10.2. The SMILES string of the molecule is CC[C@@H](C)NC(=O)c1csc(CN2CCN(c3ccc(F)cc3)CC2)n1. The fraction of sp³-hybridized carbons (Fsp3) is 0.474. The zero-order valence-electron chi connectivity index (χ0n) is 15.2. The summed E-state index contributed by atoms with van der Waals surface area (Å²) in [6, 6.07) is 6.82. The molecule has 1 aliphatic heterocycles. The molecule has 0 radical (unpaired) electrons. The first-order chi connectivity index (χ1) is 12.5. The molecule has 0 bridgehead atoms. The van der Waals surface area contributed by atoms with Gasteiger partial charge in [0.1, 0.15) is 16.5 Å². The van der Waals surface area contributed by atoms with Gasteiger partial charge in [0.05, 0.1) is 6.54 Å². The first-order valence-electron chi connectivity index (χ1n) is 9.03. The molecule has 1 N–H and O–H groups in total. The second kappa shape index (κ2) is 8.60. The summed E-state index contributed by atoms with van der Waals surface area (Å²) in [6.45, 7) is 8.45. The van der Waals surface area contributed by atoms with E-state index in [0.717, 1.165) is 49.8 Å². The van der Waals surface area contributed by atoms with Gasteiger partial charge < -0.3 is 10.2 Å². The van der Waals surface area contributed by atoms with E-state index in [1.165, 1.54) is 23.5 Å². The van der Waals surface area contributed by atoms with Gasteiger partial charge in [-0.1, -0.05) is 6.92 Å². The van der Waals surface area contributed by atoms with Gasteiger partial charge in [-0.05, 0) is 37.6 Å². The Labute approximate surface area is 157 Å². The number of nitrogens with one attached hydrogen (secondary N) is 1. The van der Waals surface area contributed by atoms with Crippen molar-refractivity contribution >= 4 is 22.9 Å². The number of nitrogens with zero attached hydrogens (tertiary/aromatic N) is 3. The van der Waals surface area contributed by atoms with Crippen LogP contribution >= 0.6 is 11.3 Å². The quantitative estimate of drug-likeness (QED) is 0.842. The van der Waals surface area contributed by atoms with E-state index in [4.69, 9.17) is 0 Å². The van der Waals surface area contributed by atoms with Crippen molar-refractivity contribution < 1.29 is 9.18 Å². The molecule has 0 saturated carbocycles. The zero-order valence-corrected chi connectivity index (χ0v) is 16.1. The van der Waals surface area contributed by atoms with Crippen molar-refractivity contribution in [1.29, 1.82) is 0 Å². The Morgan fingerprint density at radius 3 is 2.62 bits per heavy atom. The molecule has 2 heterocycles. The van der Waals surface area contributed by atoms with E-state index in [-0.39, 0.29) is 17.8 Å². The monoisotopic (exact) mass is 376 g/mol. The molecule has 1 saturated heterocycles. The van der Waals surface area contributed by atoms with E-state index in [9.17, 15) is 9.18 Å². The van der Waals surface area contributed by atoms with E-state index in [2.05, 4.69) is 20.1 Å². The lowest BCUT2D eigenvalue weighted by molar-refractivity contribution is 0.0934. The van der Waals surface area contributed by atoms with Crippen molar-refractivity contribution in [3.8, 4) is 0 Å². The van der Waals surface area contributed by atoms with Crippen LogP contribution in [0.25, 0.3) is 0 Å². The molecule has 1 fully saturated rings. The number of hydrogen-bond acceptors (Lipinski definition) is 5. The smallest absolute Gasteiger partial charge is 0.270 e. The van der Waals surface area contributed by atoms with Crippen molar-refractivity contribution in [3.63, 3.8) is 0 Å². The van der Waals surface area contributed by atoms with Crippen LogP contribution in [0.3, 0.4) is 0 Å². The van der Waals surface area contributed by atoms with Gasteiger partial charge in [0.15, 0.2) is 0 Å². The number of amides is 1. The summed E-state index contributed by atoms with van der Waals surface area (Å²) < 4.78 is 13.0. The van der Waals surface area contributed by atoms with Gasteiger partial charge in [0.25, 0.3) is 5.91 Å². The van der Waals surface area contributed by atoms with E-state index in [0.29, 0.717) is 5.69 Å². The molecule has 3 rings (SSSR count). The maximum absolute atomic E-state index is 13.0. The van der Waals surface area contributed by atoms with Gasteiger partial charge in [-0.3, -0.25) is 9.69 Å². The average molecular weight is 377 g/mol. The largest absolute Gasteiger partial charge is 0.369 e. The highest BCUT2D eigenvalue weighted by molar-refractivity contribution is 7.09. The Balaban J connectivity index is 1.50. The number of carbonyl (C=O) groups excluding carboxylic acids is 1. The fourth-order valence-corrected chi connectivity index (χ4v) is 3.71. The maximum atomic E-state index is 13.0. The lowest BCUT2D eigenvalue weighted by Crippen LogP contribution is -2.45. The van der Waals surface area contributed by atoms with E-state index in [1.807, 2.05) is 31.4 Å². The van der Waals surface area contributed by atoms with Crippen molar-refractivity contribution in [2.45, 2.75) is 32.9 Å². The molecule has 1 atom stereocenters. The Kier molecular flexibility index (Phi) is 6.21. The molecule has 1 aliphatic rings. The Hall–Kier alpha value is -1.99. The number of hydrogen-bond donors (Lipinski definition) is 1. The minimum Gasteiger partial charge on any atom is -0.369 e. The molecule has 140 valence electrons. The summed E-state index contributed by atoms with van der Waals surface area (Å²) in [5.74, 6) is -0.299. The Morgan fingerprint density at radius 1 is 1.27 bits per heavy atom. The van der Waals surface area contributed by atoms with Crippen molar-refractivity contribution in [1.82, 2.24) is 15.2 Å². The molecule has 0 unspecified atom stereocenters. The van der Waals surface area contributed by atoms with Gasteiger partial charge in [-0.25, -0.2) is 9.37 Å². The van der Waals surface area contributed by atoms with Gasteiger partial charge in [-0.15, -0.1) is 11.3 Å². The minimum absolute atomic E-state index is 0.0945. The topological polar surface area (TPSA) is 48.5 Å². The number of thiazole rings is 1. The van der Waals surface area contributed by atoms with Crippen molar-refractivity contribution in [2.24, 2.45) is 0 Å². The van der Waals surface area contributed by atoms with Crippen LogP contribution in [-0.2, 0) is 6.54 Å². The number of piperazine rings is 1.